The summed E-state index contributed by atoms with van der Waals surface area (Å²) < 4.78 is 67.3. The minimum Gasteiger partial charge on any atom is -0.258 e. The van der Waals surface area contributed by atoms with Crippen LogP contribution < -0.4 is 0 Å². The van der Waals surface area contributed by atoms with Crippen LogP contribution >= 0.6 is 27.7 Å². The topological polar surface area (TPSA) is 80.5 Å². The van der Waals surface area contributed by atoms with Crippen LogP contribution in [-0.2, 0) is 10.0 Å². The van der Waals surface area contributed by atoms with Crippen molar-refractivity contribution in [2.45, 2.75) is 28.1 Å². The largest absolute Gasteiger partial charge is 0.442 e. The van der Waals surface area contributed by atoms with Gasteiger partial charge in [-0.3, -0.25) is 10.1 Å². The van der Waals surface area contributed by atoms with Gasteiger partial charge in [-0.25, -0.2) is 8.42 Å². The van der Waals surface area contributed by atoms with Gasteiger partial charge < -0.3 is 0 Å². The molecule has 0 aromatic heterocycles. The first-order chi connectivity index (χ1) is 13.5. The molecule has 1 aliphatic heterocycles. The van der Waals surface area contributed by atoms with Crippen molar-refractivity contribution in [1.29, 1.82) is 0 Å². The third kappa shape index (κ3) is 4.76. The van der Waals surface area contributed by atoms with Crippen molar-refractivity contribution < 1.29 is 26.5 Å². The Morgan fingerprint density at radius 1 is 1.14 bits per heavy atom. The second-order valence-corrected chi connectivity index (χ2v) is 10.3. The zero-order valence-electron chi connectivity index (χ0n) is 14.5. The van der Waals surface area contributed by atoms with Crippen LogP contribution in [0.1, 0.15) is 18.0 Å². The van der Waals surface area contributed by atoms with E-state index in [-0.39, 0.29) is 24.7 Å². The number of rotatable bonds is 5. The van der Waals surface area contributed by atoms with E-state index in [1.165, 1.54) is 12.1 Å². The number of benzene rings is 2. The summed E-state index contributed by atoms with van der Waals surface area (Å²) >= 11 is 2.99. The molecule has 0 N–H and O–H groups in total. The Balaban J connectivity index is 2.09. The van der Waals surface area contributed by atoms with Crippen molar-refractivity contribution >= 4 is 43.4 Å². The second kappa shape index (κ2) is 8.25. The van der Waals surface area contributed by atoms with Crippen LogP contribution in [0.15, 0.2) is 57.9 Å². The van der Waals surface area contributed by atoms with E-state index < -0.39 is 42.3 Å². The summed E-state index contributed by atoms with van der Waals surface area (Å²) in [5.41, 5.74) is -4.78. The zero-order chi connectivity index (χ0) is 21.4. The molecule has 1 saturated heterocycles. The first kappa shape index (κ1) is 22.1. The summed E-state index contributed by atoms with van der Waals surface area (Å²) in [5, 5.41) is 10.2. The van der Waals surface area contributed by atoms with Crippen molar-refractivity contribution in [1.82, 2.24) is 4.31 Å². The Morgan fingerprint density at radius 3 is 2.34 bits per heavy atom. The summed E-state index contributed by atoms with van der Waals surface area (Å²) in [5.74, 6) is 0. The Bertz CT molecular complexity index is 1020. The molecule has 0 saturated carbocycles. The molecular weight excluding hydrogens is 497 g/mol. The number of hydrogen-bond acceptors (Lipinski definition) is 5. The molecule has 29 heavy (non-hydrogen) atoms. The average molecular weight is 511 g/mol. The van der Waals surface area contributed by atoms with Gasteiger partial charge in [-0.1, -0.05) is 40.2 Å². The summed E-state index contributed by atoms with van der Waals surface area (Å²) in [6, 6.07) is 10.0. The van der Waals surface area contributed by atoms with Gasteiger partial charge >= 0.3 is 5.51 Å². The number of nitro benzene ring substituents is 1. The molecule has 6 nitrogen and oxygen atoms in total. The number of thioether (sulfide) groups is 1. The van der Waals surface area contributed by atoms with Crippen LogP contribution in [0.25, 0.3) is 0 Å². The maximum absolute atomic E-state index is 13.2. The molecule has 1 fully saturated rings. The molecule has 0 bridgehead atoms. The second-order valence-electron chi connectivity index (χ2n) is 6.23. The third-order valence-corrected chi connectivity index (χ3v) is 7.96. The van der Waals surface area contributed by atoms with Crippen LogP contribution in [0.2, 0.25) is 0 Å². The van der Waals surface area contributed by atoms with Gasteiger partial charge in [0.25, 0.3) is 15.7 Å². The van der Waals surface area contributed by atoms with Gasteiger partial charge in [0.15, 0.2) is 4.90 Å². The normalized spacial score (nSPS) is 20.7. The zero-order valence-corrected chi connectivity index (χ0v) is 17.8. The summed E-state index contributed by atoms with van der Waals surface area (Å²) in [6.07, 6.45) is -0.0369. The highest BCUT2D eigenvalue weighted by Gasteiger charge is 2.48. The highest BCUT2D eigenvalue weighted by Crippen LogP contribution is 2.48. The number of nitro groups is 1. The molecule has 0 aliphatic carbocycles. The number of para-hydroxylation sites is 1. The molecule has 156 valence electrons. The molecule has 1 heterocycles. The highest BCUT2D eigenvalue weighted by atomic mass is 79.9. The number of halogens is 4. The summed E-state index contributed by atoms with van der Waals surface area (Å²) in [7, 11) is -4.41. The molecule has 1 aliphatic rings. The molecule has 2 atom stereocenters. The Hall–Kier alpha value is -1.63. The molecule has 0 amide bonds. The molecule has 0 spiro atoms. The lowest BCUT2D eigenvalue weighted by atomic mass is 10.1. The van der Waals surface area contributed by atoms with E-state index in [0.717, 1.165) is 16.4 Å². The van der Waals surface area contributed by atoms with E-state index in [4.69, 9.17) is 0 Å². The predicted molar refractivity (Wildman–Crippen MR) is 106 cm³/mol. The fourth-order valence-electron chi connectivity index (χ4n) is 3.29. The number of nitrogens with zero attached hydrogens (tertiary/aromatic N) is 2. The minimum absolute atomic E-state index is 0.0369. The Kier molecular flexibility index (Phi) is 6.27. The van der Waals surface area contributed by atoms with Crippen molar-refractivity contribution in [3.05, 3.63) is 68.7 Å². The molecule has 2 aromatic rings. The summed E-state index contributed by atoms with van der Waals surface area (Å²) in [6.45, 7) is -0.178. The SMILES string of the molecule is O=[N+]([O-])c1ccccc1S(=O)(=O)N1CC[C@H](SC(F)(F)F)[C@H]1c1ccc(Br)cc1. The van der Waals surface area contributed by atoms with Crippen LogP contribution in [0.4, 0.5) is 18.9 Å². The highest BCUT2D eigenvalue weighted by molar-refractivity contribution is 9.10. The fraction of sp³-hybridized carbons (Fsp3) is 0.294. The van der Waals surface area contributed by atoms with Gasteiger partial charge in [-0.2, -0.15) is 17.5 Å². The number of hydrogen-bond donors (Lipinski definition) is 0. The standard InChI is InChI=1S/C17H14BrF3N2O4S2/c18-12-7-5-11(6-8-12)16-14(28-17(19,20)21)9-10-22(16)29(26,27)15-4-2-1-3-13(15)23(24)25/h1-8,14,16H,9-10H2/t14-,16+/m0/s1. The summed E-state index contributed by atoms with van der Waals surface area (Å²) in [4.78, 5) is 9.93. The predicted octanol–water partition coefficient (Wildman–Crippen LogP) is 5.11. The maximum atomic E-state index is 13.2. The molecule has 0 radical (unpaired) electrons. The number of alkyl halides is 3. The van der Waals surface area contributed by atoms with Gasteiger partial charge in [0.1, 0.15) is 0 Å². The van der Waals surface area contributed by atoms with Gasteiger partial charge in [-0.05, 0) is 41.9 Å². The molecule has 12 heteroatoms. The lowest BCUT2D eigenvalue weighted by Crippen LogP contribution is -2.33. The first-order valence-corrected chi connectivity index (χ1v) is 11.4. The first-order valence-electron chi connectivity index (χ1n) is 8.26. The van der Waals surface area contributed by atoms with E-state index in [1.807, 2.05) is 0 Å². The van der Waals surface area contributed by atoms with Gasteiger partial charge in [0.05, 0.1) is 11.0 Å². The fourth-order valence-corrected chi connectivity index (χ4v) is 6.46. The lowest BCUT2D eigenvalue weighted by Gasteiger charge is -2.28. The molecule has 0 unspecified atom stereocenters. The van der Waals surface area contributed by atoms with Gasteiger partial charge in [0, 0.05) is 22.3 Å². The smallest absolute Gasteiger partial charge is 0.258 e. The van der Waals surface area contributed by atoms with E-state index in [0.29, 0.717) is 10.0 Å². The van der Waals surface area contributed by atoms with Crippen molar-refractivity contribution in [2.24, 2.45) is 0 Å². The molecular formula is C17H14BrF3N2O4S2. The molecule has 3 rings (SSSR count). The van der Waals surface area contributed by atoms with E-state index in [1.54, 1.807) is 24.3 Å². The number of sulfonamides is 1. The van der Waals surface area contributed by atoms with E-state index in [9.17, 15) is 31.7 Å². The van der Waals surface area contributed by atoms with E-state index >= 15 is 0 Å². The third-order valence-electron chi connectivity index (χ3n) is 4.44. The maximum Gasteiger partial charge on any atom is 0.442 e. The van der Waals surface area contributed by atoms with Crippen LogP contribution in [0, 0.1) is 10.1 Å². The van der Waals surface area contributed by atoms with Crippen LogP contribution in [0.3, 0.4) is 0 Å². The van der Waals surface area contributed by atoms with Crippen molar-refractivity contribution in [2.75, 3.05) is 6.54 Å². The van der Waals surface area contributed by atoms with Crippen molar-refractivity contribution in [3.8, 4) is 0 Å². The Labute approximate surface area is 177 Å². The van der Waals surface area contributed by atoms with Gasteiger partial charge in [0.2, 0.25) is 0 Å². The monoisotopic (exact) mass is 510 g/mol. The quantitative estimate of drug-likeness (QED) is 0.412. The lowest BCUT2D eigenvalue weighted by molar-refractivity contribution is -0.387. The van der Waals surface area contributed by atoms with Crippen LogP contribution in [0.5, 0.6) is 0 Å². The molecule has 2 aromatic carbocycles. The van der Waals surface area contributed by atoms with Crippen LogP contribution in [-0.4, -0.2) is 34.9 Å². The van der Waals surface area contributed by atoms with E-state index in [2.05, 4.69) is 15.9 Å². The minimum atomic E-state index is -4.54. The van der Waals surface area contributed by atoms with Crippen molar-refractivity contribution in [3.63, 3.8) is 0 Å². The Morgan fingerprint density at radius 2 is 1.76 bits per heavy atom. The van der Waals surface area contributed by atoms with Gasteiger partial charge in [-0.15, -0.1) is 0 Å². The average Bonchev–Trinajstić information content (AvgIpc) is 3.05.